The third-order valence-corrected chi connectivity index (χ3v) is 4.33. The van der Waals surface area contributed by atoms with Crippen molar-refractivity contribution >= 4 is 15.7 Å². The summed E-state index contributed by atoms with van der Waals surface area (Å²) < 4.78 is 70.7. The number of aryl methyl sites for hydroxylation is 1. The van der Waals surface area contributed by atoms with Gasteiger partial charge in [-0.15, -0.1) is 0 Å². The van der Waals surface area contributed by atoms with Gasteiger partial charge in [-0.2, -0.15) is 13.2 Å². The lowest BCUT2D eigenvalue weighted by Gasteiger charge is -2.15. The van der Waals surface area contributed by atoms with Crippen LogP contribution in [-0.2, 0) is 16.2 Å². The highest BCUT2D eigenvalue weighted by Crippen LogP contribution is 2.35. The van der Waals surface area contributed by atoms with E-state index < -0.39 is 26.7 Å². The van der Waals surface area contributed by atoms with E-state index in [0.717, 1.165) is 12.1 Å². The van der Waals surface area contributed by atoms with Crippen molar-refractivity contribution in [1.29, 1.82) is 0 Å². The van der Waals surface area contributed by atoms with Gasteiger partial charge >= 0.3 is 6.18 Å². The Bertz CT molecular complexity index is 820. The van der Waals surface area contributed by atoms with Gasteiger partial charge in [-0.25, -0.2) is 13.4 Å². The van der Waals surface area contributed by atoms with Crippen molar-refractivity contribution in [3.63, 3.8) is 0 Å². The monoisotopic (exact) mass is 346 g/mol. The van der Waals surface area contributed by atoms with E-state index in [1.54, 1.807) is 6.92 Å². The highest BCUT2D eigenvalue weighted by molar-refractivity contribution is 7.92. The van der Waals surface area contributed by atoms with E-state index in [1.807, 2.05) is 0 Å². The maximum Gasteiger partial charge on any atom is 0.417 e. The van der Waals surface area contributed by atoms with Crippen LogP contribution in [0.2, 0.25) is 0 Å². The van der Waals surface area contributed by atoms with E-state index in [-0.39, 0.29) is 11.6 Å². The molecule has 1 aromatic carbocycles. The number of nitrogens with zero attached hydrogens (tertiary/aromatic N) is 1. The molecule has 0 radical (unpaired) electrons. The minimum Gasteiger partial charge on any atom is -0.480 e. The summed E-state index contributed by atoms with van der Waals surface area (Å²) in [5.41, 5.74) is -0.663. The molecule has 0 aliphatic heterocycles. The number of ether oxygens (including phenoxy) is 1. The molecule has 9 heteroatoms. The first kappa shape index (κ1) is 17.1. The second-order valence-corrected chi connectivity index (χ2v) is 6.32. The fraction of sp³-hybridized carbons (Fsp3) is 0.214. The Labute approximate surface area is 131 Å². The molecule has 0 fully saturated rings. The van der Waals surface area contributed by atoms with Gasteiger partial charge in [0.15, 0.2) is 0 Å². The number of alkyl halides is 3. The third kappa shape index (κ3) is 3.73. The average molecular weight is 346 g/mol. The van der Waals surface area contributed by atoms with E-state index >= 15 is 0 Å². The summed E-state index contributed by atoms with van der Waals surface area (Å²) in [5.74, 6) is -0.0383. The lowest BCUT2D eigenvalue weighted by atomic mass is 10.2. The maximum absolute atomic E-state index is 13.0. The predicted molar refractivity (Wildman–Crippen MR) is 77.8 cm³/mol. The van der Waals surface area contributed by atoms with Crippen molar-refractivity contribution in [2.24, 2.45) is 0 Å². The predicted octanol–water partition coefficient (Wildman–Crippen LogP) is 3.22. The summed E-state index contributed by atoms with van der Waals surface area (Å²) >= 11 is 0. The number of hydrogen-bond donors (Lipinski definition) is 1. The van der Waals surface area contributed by atoms with Gasteiger partial charge in [0.1, 0.15) is 5.69 Å². The highest BCUT2D eigenvalue weighted by Gasteiger charge is 2.37. The topological polar surface area (TPSA) is 68.3 Å². The maximum atomic E-state index is 13.0. The number of nitrogens with one attached hydrogen (secondary N) is 1. The van der Waals surface area contributed by atoms with Gasteiger partial charge in [0.25, 0.3) is 10.0 Å². The van der Waals surface area contributed by atoms with Crippen LogP contribution in [0.15, 0.2) is 41.4 Å². The molecule has 23 heavy (non-hydrogen) atoms. The third-order valence-electron chi connectivity index (χ3n) is 2.91. The molecule has 5 nitrogen and oxygen atoms in total. The molecule has 1 N–H and O–H groups in total. The van der Waals surface area contributed by atoms with Gasteiger partial charge in [-0.3, -0.25) is 4.72 Å². The van der Waals surface area contributed by atoms with Crippen LogP contribution in [0.5, 0.6) is 5.88 Å². The molecule has 0 aliphatic carbocycles. The Morgan fingerprint density at radius 2 is 1.87 bits per heavy atom. The van der Waals surface area contributed by atoms with Crippen molar-refractivity contribution in [1.82, 2.24) is 4.98 Å². The fourth-order valence-electron chi connectivity index (χ4n) is 1.93. The van der Waals surface area contributed by atoms with Crippen molar-refractivity contribution in [3.8, 4) is 5.88 Å². The van der Waals surface area contributed by atoms with Gasteiger partial charge < -0.3 is 4.74 Å². The normalized spacial score (nSPS) is 12.0. The Hall–Kier alpha value is -2.29. The first-order chi connectivity index (χ1) is 10.6. The van der Waals surface area contributed by atoms with Crippen LogP contribution in [0.3, 0.4) is 0 Å². The van der Waals surface area contributed by atoms with Crippen molar-refractivity contribution in [2.75, 3.05) is 11.8 Å². The Morgan fingerprint density at radius 3 is 2.48 bits per heavy atom. The summed E-state index contributed by atoms with van der Waals surface area (Å²) in [4.78, 5) is 3.01. The molecule has 124 valence electrons. The minimum absolute atomic E-state index is 0.0375. The molecule has 0 saturated heterocycles. The van der Waals surface area contributed by atoms with Gasteiger partial charge in [0.05, 0.1) is 17.6 Å². The lowest BCUT2D eigenvalue weighted by Crippen LogP contribution is -2.19. The number of pyridine rings is 1. The van der Waals surface area contributed by atoms with Crippen LogP contribution in [0.4, 0.5) is 18.9 Å². The molecule has 0 bridgehead atoms. The number of rotatable bonds is 4. The Kier molecular flexibility index (Phi) is 4.51. The van der Waals surface area contributed by atoms with Crippen LogP contribution >= 0.6 is 0 Å². The first-order valence-corrected chi connectivity index (χ1v) is 7.83. The molecule has 0 saturated carbocycles. The molecule has 0 aliphatic rings. The van der Waals surface area contributed by atoms with Gasteiger partial charge in [-0.1, -0.05) is 12.1 Å². The number of hydrogen-bond acceptors (Lipinski definition) is 4. The second kappa shape index (κ2) is 6.07. The van der Waals surface area contributed by atoms with Crippen LogP contribution in [0.1, 0.15) is 11.1 Å². The van der Waals surface area contributed by atoms with E-state index in [2.05, 4.69) is 9.71 Å². The minimum atomic E-state index is -4.79. The molecule has 0 unspecified atom stereocenters. The zero-order valence-electron chi connectivity index (χ0n) is 12.2. The number of anilines is 1. The summed E-state index contributed by atoms with van der Waals surface area (Å²) in [5, 5.41) is 0. The van der Waals surface area contributed by atoms with Crippen LogP contribution in [0, 0.1) is 6.92 Å². The van der Waals surface area contributed by atoms with Crippen molar-refractivity contribution < 1.29 is 26.3 Å². The molecule has 0 spiro atoms. The standard InChI is InChI=1S/C14H13F3N2O3S/c1-9-7-11(13(22-2)18-8-9)19-23(20,21)12-6-4-3-5-10(12)14(15,16)17/h3-8,19H,1-2H3. The molecular weight excluding hydrogens is 333 g/mol. The van der Waals surface area contributed by atoms with E-state index in [0.29, 0.717) is 11.6 Å². The van der Waals surface area contributed by atoms with Crippen LogP contribution in [0.25, 0.3) is 0 Å². The van der Waals surface area contributed by atoms with Crippen molar-refractivity contribution in [3.05, 3.63) is 47.7 Å². The molecule has 0 atom stereocenters. The first-order valence-electron chi connectivity index (χ1n) is 6.35. The molecule has 1 heterocycles. The number of sulfonamides is 1. The van der Waals surface area contributed by atoms with Gasteiger partial charge in [0, 0.05) is 6.20 Å². The molecule has 0 amide bonds. The van der Waals surface area contributed by atoms with E-state index in [9.17, 15) is 21.6 Å². The molecular formula is C14H13F3N2O3S. The van der Waals surface area contributed by atoms with Crippen LogP contribution < -0.4 is 9.46 Å². The number of methoxy groups -OCH3 is 1. The zero-order valence-corrected chi connectivity index (χ0v) is 13.0. The van der Waals surface area contributed by atoms with Crippen LogP contribution in [-0.4, -0.2) is 20.5 Å². The number of aromatic nitrogens is 1. The number of benzene rings is 1. The second-order valence-electron chi connectivity index (χ2n) is 4.67. The smallest absolute Gasteiger partial charge is 0.417 e. The quantitative estimate of drug-likeness (QED) is 0.923. The number of halogens is 3. The SMILES string of the molecule is COc1ncc(C)cc1NS(=O)(=O)c1ccccc1C(F)(F)F. The highest BCUT2D eigenvalue weighted by atomic mass is 32.2. The zero-order chi connectivity index (χ0) is 17.3. The van der Waals surface area contributed by atoms with Crippen molar-refractivity contribution in [2.45, 2.75) is 18.0 Å². The summed E-state index contributed by atoms with van der Waals surface area (Å²) in [6, 6.07) is 5.35. The molecule has 1 aromatic heterocycles. The summed E-state index contributed by atoms with van der Waals surface area (Å²) in [6.07, 6.45) is -3.35. The summed E-state index contributed by atoms with van der Waals surface area (Å²) in [7, 11) is -3.19. The lowest BCUT2D eigenvalue weighted by molar-refractivity contribution is -0.139. The van der Waals surface area contributed by atoms with Gasteiger partial charge in [0.2, 0.25) is 5.88 Å². The summed E-state index contributed by atoms with van der Waals surface area (Å²) in [6.45, 7) is 1.66. The fourth-order valence-corrected chi connectivity index (χ4v) is 3.20. The molecule has 2 aromatic rings. The Balaban J connectivity index is 2.51. The largest absolute Gasteiger partial charge is 0.480 e. The average Bonchev–Trinajstić information content (AvgIpc) is 2.46. The van der Waals surface area contributed by atoms with E-state index in [1.165, 1.54) is 25.4 Å². The van der Waals surface area contributed by atoms with E-state index in [4.69, 9.17) is 4.74 Å². The Morgan fingerprint density at radius 1 is 1.22 bits per heavy atom. The van der Waals surface area contributed by atoms with Gasteiger partial charge in [-0.05, 0) is 30.7 Å². The molecule has 2 rings (SSSR count).